The number of carbonyl (C=O) groups is 2. The van der Waals surface area contributed by atoms with Crippen LogP contribution in [0.15, 0.2) is 88.4 Å². The van der Waals surface area contributed by atoms with Gasteiger partial charge in [-0.3, -0.25) is 9.59 Å². The third-order valence-corrected chi connectivity index (χ3v) is 5.61. The van der Waals surface area contributed by atoms with Crippen molar-refractivity contribution in [3.05, 3.63) is 88.9 Å². The summed E-state index contributed by atoms with van der Waals surface area (Å²) in [6, 6.07) is 25.6. The molecular weight excluding hydrogens is 454 g/mol. The van der Waals surface area contributed by atoms with Gasteiger partial charge in [0.2, 0.25) is 11.8 Å². The monoisotopic (exact) mass is 473 g/mol. The predicted octanol–water partition coefficient (Wildman–Crippen LogP) is 5.62. The van der Waals surface area contributed by atoms with Gasteiger partial charge in [-0.25, -0.2) is 5.43 Å². The van der Waals surface area contributed by atoms with Gasteiger partial charge >= 0.3 is 0 Å². The lowest BCUT2D eigenvalue weighted by Gasteiger charge is -2.08. The lowest BCUT2D eigenvalue weighted by atomic mass is 9.97. The summed E-state index contributed by atoms with van der Waals surface area (Å²) in [4.78, 5) is 24.3. The van der Waals surface area contributed by atoms with Crippen molar-refractivity contribution in [1.29, 1.82) is 0 Å². The van der Waals surface area contributed by atoms with Crippen molar-refractivity contribution in [1.82, 2.24) is 5.43 Å². The normalized spacial score (nSPS) is 11.1. The number of hydrazone groups is 1. The molecule has 4 aromatic carbocycles. The van der Waals surface area contributed by atoms with Crippen molar-refractivity contribution >= 4 is 61.2 Å². The Bertz CT molecular complexity index is 1250. The highest BCUT2D eigenvalue weighted by Gasteiger charge is 2.09. The van der Waals surface area contributed by atoms with Gasteiger partial charge in [0.1, 0.15) is 0 Å². The van der Waals surface area contributed by atoms with Crippen molar-refractivity contribution in [3.8, 4) is 0 Å². The molecule has 0 unspecified atom stereocenters. The minimum atomic E-state index is -0.317. The summed E-state index contributed by atoms with van der Waals surface area (Å²) < 4.78 is 0.791. The second-order valence-electron chi connectivity index (χ2n) is 7.05. The molecule has 5 nitrogen and oxygen atoms in total. The van der Waals surface area contributed by atoms with E-state index >= 15 is 0 Å². The number of carbonyl (C=O) groups excluding carboxylic acids is 2. The van der Waals surface area contributed by atoms with Crippen molar-refractivity contribution in [3.63, 3.8) is 0 Å². The van der Waals surface area contributed by atoms with Crippen LogP contribution in [0.1, 0.15) is 18.4 Å². The summed E-state index contributed by atoms with van der Waals surface area (Å²) in [6.45, 7) is 0. The molecule has 6 heteroatoms. The van der Waals surface area contributed by atoms with E-state index in [4.69, 9.17) is 0 Å². The van der Waals surface area contributed by atoms with Gasteiger partial charge in [-0.1, -0.05) is 60.7 Å². The van der Waals surface area contributed by atoms with Gasteiger partial charge in [0, 0.05) is 22.9 Å². The Balaban J connectivity index is 1.41. The standard InChI is InChI=1S/C25H20BrN3O2/c26-22-11-5-6-12-23(22)28-24(30)13-14-25(31)29-27-16-21-19-9-3-1-7-17(19)15-18-8-2-4-10-20(18)21/h1-12,15-16H,13-14H2,(H,28,30)(H,29,31)/b27-16+. The Morgan fingerprint density at radius 2 is 1.39 bits per heavy atom. The van der Waals surface area contributed by atoms with E-state index < -0.39 is 0 Å². The van der Waals surface area contributed by atoms with Gasteiger partial charge in [0.05, 0.1) is 11.9 Å². The molecular formula is C25H20BrN3O2. The first-order valence-electron chi connectivity index (χ1n) is 9.88. The number of para-hydroxylation sites is 1. The van der Waals surface area contributed by atoms with Crippen LogP contribution in [-0.2, 0) is 9.59 Å². The highest BCUT2D eigenvalue weighted by molar-refractivity contribution is 9.10. The van der Waals surface area contributed by atoms with Crippen LogP contribution in [-0.4, -0.2) is 18.0 Å². The molecule has 0 saturated carbocycles. The molecule has 0 bridgehead atoms. The van der Waals surface area contributed by atoms with Crippen LogP contribution < -0.4 is 10.7 Å². The van der Waals surface area contributed by atoms with Gasteiger partial charge in [0.25, 0.3) is 0 Å². The number of fused-ring (bicyclic) bond motifs is 2. The van der Waals surface area contributed by atoms with Crippen LogP contribution in [0.5, 0.6) is 0 Å². The molecule has 0 aliphatic rings. The quantitative estimate of drug-likeness (QED) is 0.216. The summed E-state index contributed by atoms with van der Waals surface area (Å²) in [5, 5.41) is 11.3. The smallest absolute Gasteiger partial charge is 0.240 e. The fourth-order valence-electron chi connectivity index (χ4n) is 3.42. The zero-order chi connectivity index (χ0) is 21.6. The third-order valence-electron chi connectivity index (χ3n) is 4.92. The number of hydrogen-bond acceptors (Lipinski definition) is 3. The van der Waals surface area contributed by atoms with E-state index in [0.717, 1.165) is 31.6 Å². The summed E-state index contributed by atoms with van der Waals surface area (Å²) in [7, 11) is 0. The third kappa shape index (κ3) is 4.98. The Labute approximate surface area is 188 Å². The van der Waals surface area contributed by atoms with Crippen LogP contribution in [0.4, 0.5) is 5.69 Å². The van der Waals surface area contributed by atoms with E-state index in [1.54, 1.807) is 12.3 Å². The second-order valence-corrected chi connectivity index (χ2v) is 7.91. The van der Waals surface area contributed by atoms with E-state index in [0.29, 0.717) is 5.69 Å². The van der Waals surface area contributed by atoms with Crippen molar-refractivity contribution in [2.45, 2.75) is 12.8 Å². The Morgan fingerprint density at radius 1 is 0.806 bits per heavy atom. The Morgan fingerprint density at radius 3 is 2.06 bits per heavy atom. The van der Waals surface area contributed by atoms with Crippen LogP contribution >= 0.6 is 15.9 Å². The van der Waals surface area contributed by atoms with Crippen LogP contribution in [0.2, 0.25) is 0 Å². The van der Waals surface area contributed by atoms with Gasteiger partial charge in [-0.15, -0.1) is 0 Å². The molecule has 0 saturated heterocycles. The molecule has 0 atom stereocenters. The maximum Gasteiger partial charge on any atom is 0.240 e. The Kier molecular flexibility index (Phi) is 6.38. The van der Waals surface area contributed by atoms with E-state index in [1.165, 1.54) is 0 Å². The summed E-state index contributed by atoms with van der Waals surface area (Å²) in [5.41, 5.74) is 4.15. The second kappa shape index (κ2) is 9.53. The maximum absolute atomic E-state index is 12.2. The van der Waals surface area contributed by atoms with Crippen LogP contribution in [0, 0.1) is 0 Å². The predicted molar refractivity (Wildman–Crippen MR) is 129 cm³/mol. The van der Waals surface area contributed by atoms with Crippen molar-refractivity contribution in [2.75, 3.05) is 5.32 Å². The van der Waals surface area contributed by atoms with E-state index in [9.17, 15) is 9.59 Å². The minimum Gasteiger partial charge on any atom is -0.325 e. The Hall–Kier alpha value is -3.51. The van der Waals surface area contributed by atoms with Crippen LogP contribution in [0.25, 0.3) is 21.5 Å². The number of anilines is 1. The molecule has 0 aromatic heterocycles. The lowest BCUT2D eigenvalue weighted by molar-refractivity contribution is -0.124. The van der Waals surface area contributed by atoms with E-state index in [-0.39, 0.29) is 24.7 Å². The van der Waals surface area contributed by atoms with E-state index in [1.807, 2.05) is 54.6 Å². The molecule has 2 amide bonds. The molecule has 4 rings (SSSR count). The molecule has 0 radical (unpaired) electrons. The largest absolute Gasteiger partial charge is 0.325 e. The zero-order valence-electron chi connectivity index (χ0n) is 16.6. The molecule has 4 aromatic rings. The summed E-state index contributed by atoms with van der Waals surface area (Å²) >= 11 is 3.38. The van der Waals surface area contributed by atoms with Gasteiger partial charge in [0.15, 0.2) is 0 Å². The highest BCUT2D eigenvalue weighted by atomic mass is 79.9. The molecule has 2 N–H and O–H groups in total. The molecule has 0 aliphatic heterocycles. The van der Waals surface area contributed by atoms with Crippen molar-refractivity contribution in [2.24, 2.45) is 5.10 Å². The summed E-state index contributed by atoms with van der Waals surface area (Å²) in [6.07, 6.45) is 1.79. The van der Waals surface area contributed by atoms with Gasteiger partial charge in [-0.2, -0.15) is 5.10 Å². The number of hydrogen-bond donors (Lipinski definition) is 2. The number of benzene rings is 4. The first-order chi connectivity index (χ1) is 15.1. The molecule has 0 aliphatic carbocycles. The minimum absolute atomic E-state index is 0.0455. The topological polar surface area (TPSA) is 70.6 Å². The fourth-order valence-corrected chi connectivity index (χ4v) is 3.80. The molecule has 154 valence electrons. The fraction of sp³-hybridized carbons (Fsp3) is 0.0800. The van der Waals surface area contributed by atoms with Gasteiger partial charge in [-0.05, 0) is 55.7 Å². The van der Waals surface area contributed by atoms with Crippen molar-refractivity contribution < 1.29 is 9.59 Å². The maximum atomic E-state index is 12.2. The number of amides is 2. The number of nitrogens with zero attached hydrogens (tertiary/aromatic N) is 1. The average Bonchev–Trinajstić information content (AvgIpc) is 2.79. The molecule has 0 fully saturated rings. The van der Waals surface area contributed by atoms with Crippen LogP contribution in [0.3, 0.4) is 0 Å². The van der Waals surface area contributed by atoms with Gasteiger partial charge < -0.3 is 5.32 Å². The lowest BCUT2D eigenvalue weighted by Crippen LogP contribution is -2.20. The number of rotatable bonds is 6. The molecule has 31 heavy (non-hydrogen) atoms. The molecule has 0 heterocycles. The molecule has 0 spiro atoms. The number of halogens is 1. The zero-order valence-corrected chi connectivity index (χ0v) is 18.2. The van der Waals surface area contributed by atoms with E-state index in [2.05, 4.69) is 50.0 Å². The average molecular weight is 474 g/mol. The summed E-state index contributed by atoms with van der Waals surface area (Å²) in [5.74, 6) is -0.547. The number of nitrogens with one attached hydrogen (secondary N) is 2. The first-order valence-corrected chi connectivity index (χ1v) is 10.7. The highest BCUT2D eigenvalue weighted by Crippen LogP contribution is 2.27. The first kappa shape index (κ1) is 20.8. The SMILES string of the molecule is O=C(CCC(=O)Nc1ccccc1Br)N/N=C/c1c2ccccc2cc2ccccc12.